The van der Waals surface area contributed by atoms with Gasteiger partial charge in [0, 0.05) is 64.0 Å². The molecule has 47 heavy (non-hydrogen) atoms. The van der Waals surface area contributed by atoms with Crippen LogP contribution in [-0.4, -0.2) is 94.7 Å². The number of nitrogens with zero attached hydrogens (tertiary/aromatic N) is 4. The summed E-state index contributed by atoms with van der Waals surface area (Å²) in [5.74, 6) is -0.691. The number of pyridine rings is 1. The molecule has 252 valence electrons. The molecule has 1 unspecified atom stereocenters. The number of piperidine rings is 1. The normalized spacial score (nSPS) is 18.9. The number of likely N-dealkylation sites (tertiary alicyclic amines) is 1. The maximum atomic E-state index is 14.3. The molecule has 2 aromatic rings. The van der Waals surface area contributed by atoms with E-state index >= 15 is 0 Å². The van der Waals surface area contributed by atoms with Gasteiger partial charge in [0.15, 0.2) is 5.60 Å². The fourth-order valence-corrected chi connectivity index (χ4v) is 6.43. The molecule has 1 aromatic carbocycles. The molecule has 0 radical (unpaired) electrons. The lowest BCUT2D eigenvalue weighted by Gasteiger charge is -2.47. The lowest BCUT2D eigenvalue weighted by Crippen LogP contribution is -2.61. The highest BCUT2D eigenvalue weighted by Crippen LogP contribution is 2.47. The molecule has 1 N–H and O–H groups in total. The summed E-state index contributed by atoms with van der Waals surface area (Å²) in [5, 5.41) is 2.76. The first-order valence-electron chi connectivity index (χ1n) is 16.2. The van der Waals surface area contributed by atoms with Gasteiger partial charge in [-0.2, -0.15) is 0 Å². The Morgan fingerprint density at radius 1 is 1.15 bits per heavy atom. The molecule has 13 nitrogen and oxygen atoms in total. The van der Waals surface area contributed by atoms with Crippen LogP contribution in [0.1, 0.15) is 86.1 Å². The largest absolute Gasteiger partial charge is 0.475 e. The highest BCUT2D eigenvalue weighted by Gasteiger charge is 2.52. The number of nitrogens with one attached hydrogen (secondary N) is 1. The molecule has 1 saturated heterocycles. The van der Waals surface area contributed by atoms with Gasteiger partial charge >= 0.3 is 12.1 Å². The van der Waals surface area contributed by atoms with Crippen molar-refractivity contribution in [3.05, 3.63) is 53.3 Å². The molecule has 5 rings (SSSR count). The number of aromatic nitrogens is 1. The highest BCUT2D eigenvalue weighted by molar-refractivity contribution is 6.06. The van der Waals surface area contributed by atoms with E-state index in [1.165, 1.54) is 31.1 Å². The minimum Gasteiger partial charge on any atom is -0.475 e. The van der Waals surface area contributed by atoms with Crippen LogP contribution in [-0.2, 0) is 19.1 Å². The number of hydrogen-bond donors (Lipinski definition) is 1. The van der Waals surface area contributed by atoms with Crippen LogP contribution in [0.25, 0.3) is 0 Å². The Labute approximate surface area is 274 Å². The van der Waals surface area contributed by atoms with E-state index in [0.29, 0.717) is 54.8 Å². The Morgan fingerprint density at radius 3 is 2.55 bits per heavy atom. The number of hydrogen-bond acceptors (Lipinski definition) is 9. The number of benzene rings is 1. The monoisotopic (exact) mass is 649 g/mol. The minimum atomic E-state index is -1.13. The van der Waals surface area contributed by atoms with Gasteiger partial charge in [0.1, 0.15) is 5.75 Å². The van der Waals surface area contributed by atoms with E-state index in [1.54, 1.807) is 28.0 Å². The summed E-state index contributed by atoms with van der Waals surface area (Å²) in [6.07, 6.45) is 4.58. The first-order valence-corrected chi connectivity index (χ1v) is 16.2. The quantitative estimate of drug-likeness (QED) is 0.316. The van der Waals surface area contributed by atoms with E-state index in [9.17, 15) is 24.0 Å². The molecule has 13 heteroatoms. The van der Waals surface area contributed by atoms with E-state index in [2.05, 4.69) is 10.3 Å². The number of esters is 1. The molecule has 2 fully saturated rings. The zero-order chi connectivity index (χ0) is 33.9. The predicted octanol–water partition coefficient (Wildman–Crippen LogP) is 3.83. The van der Waals surface area contributed by atoms with Gasteiger partial charge in [0.25, 0.3) is 11.8 Å². The highest BCUT2D eigenvalue weighted by atomic mass is 16.7. The summed E-state index contributed by atoms with van der Waals surface area (Å²) in [5.41, 5.74) is 0.977. The van der Waals surface area contributed by atoms with Crippen LogP contribution in [0.15, 0.2) is 36.7 Å². The Hall–Kier alpha value is -4.68. The standard InChI is InChI=1S/C34H43N5O8/c1-21(2)39(26-10-7-15-37(20-26)33(44)46-24(5)45-31(42)25-9-6-13-35-19-25)30(41)27-18-28-29(17-22(27)3)47-34(11-8-12-34)32(43)38(28)16-14-36-23(4)40/h6,9,13,17-19,21,24,26H,7-8,10-12,14-16,20H2,1-5H3,(H,36,40)/t24?,26-/m1/s1. The molecule has 1 spiro atoms. The number of rotatable bonds is 9. The third kappa shape index (κ3) is 7.18. The topological polar surface area (TPSA) is 148 Å². The molecule has 3 heterocycles. The van der Waals surface area contributed by atoms with Gasteiger partial charge in [-0.3, -0.25) is 19.4 Å². The zero-order valence-corrected chi connectivity index (χ0v) is 27.6. The van der Waals surface area contributed by atoms with Crippen LogP contribution in [0.5, 0.6) is 5.75 Å². The first-order chi connectivity index (χ1) is 22.4. The van der Waals surface area contributed by atoms with Crippen LogP contribution in [0.4, 0.5) is 10.5 Å². The molecule has 2 aliphatic heterocycles. The summed E-state index contributed by atoms with van der Waals surface area (Å²) >= 11 is 0. The second-order valence-corrected chi connectivity index (χ2v) is 12.7. The molecule has 3 aliphatic rings. The van der Waals surface area contributed by atoms with Crippen molar-refractivity contribution in [3.8, 4) is 5.75 Å². The van der Waals surface area contributed by atoms with Gasteiger partial charge in [0.2, 0.25) is 12.2 Å². The Morgan fingerprint density at radius 2 is 1.91 bits per heavy atom. The number of fused-ring (bicyclic) bond motifs is 1. The molecule has 0 bridgehead atoms. The summed E-state index contributed by atoms with van der Waals surface area (Å²) in [6.45, 7) is 9.78. The van der Waals surface area contributed by atoms with E-state index in [1.807, 2.05) is 26.8 Å². The average molecular weight is 650 g/mol. The van der Waals surface area contributed by atoms with Crippen molar-refractivity contribution in [1.29, 1.82) is 0 Å². The maximum Gasteiger partial charge on any atom is 0.412 e. The van der Waals surface area contributed by atoms with Gasteiger partial charge in [-0.25, -0.2) is 9.59 Å². The number of amides is 4. The third-order valence-corrected chi connectivity index (χ3v) is 8.91. The summed E-state index contributed by atoms with van der Waals surface area (Å²) in [4.78, 5) is 73.8. The fraction of sp³-hybridized carbons (Fsp3) is 0.529. The van der Waals surface area contributed by atoms with Crippen LogP contribution >= 0.6 is 0 Å². The Kier molecular flexibility index (Phi) is 10.0. The van der Waals surface area contributed by atoms with E-state index in [0.717, 1.165) is 6.42 Å². The lowest BCUT2D eigenvalue weighted by molar-refractivity contribution is -0.143. The second kappa shape index (κ2) is 14.0. The van der Waals surface area contributed by atoms with Crippen molar-refractivity contribution >= 4 is 35.5 Å². The number of aryl methyl sites for hydroxylation is 1. The summed E-state index contributed by atoms with van der Waals surface area (Å²) in [7, 11) is 0. The lowest BCUT2D eigenvalue weighted by atomic mass is 9.77. The predicted molar refractivity (Wildman–Crippen MR) is 171 cm³/mol. The van der Waals surface area contributed by atoms with Crippen molar-refractivity contribution < 1.29 is 38.2 Å². The van der Waals surface area contributed by atoms with Crippen LogP contribution in [0.2, 0.25) is 0 Å². The number of carbonyl (C=O) groups is 5. The van der Waals surface area contributed by atoms with Crippen molar-refractivity contribution in [1.82, 2.24) is 20.1 Å². The Balaban J connectivity index is 1.32. The van der Waals surface area contributed by atoms with Crippen molar-refractivity contribution in [2.75, 3.05) is 31.1 Å². The molecule has 1 saturated carbocycles. The molecule has 1 aliphatic carbocycles. The van der Waals surface area contributed by atoms with Crippen molar-refractivity contribution in [2.24, 2.45) is 0 Å². The molecule has 4 amide bonds. The number of anilines is 1. The van der Waals surface area contributed by atoms with Crippen molar-refractivity contribution in [3.63, 3.8) is 0 Å². The minimum absolute atomic E-state index is 0.161. The molecular formula is C34H43N5O8. The Bertz CT molecular complexity index is 1530. The molecular weight excluding hydrogens is 606 g/mol. The SMILES string of the molecule is CC(=O)NCCN1C(=O)C2(CCC2)Oc2cc(C)c(C(=O)N(C(C)C)[C@@H]3CCCN(C(=O)OC(C)OC(=O)c4cccnc4)C3)cc21. The van der Waals surface area contributed by atoms with E-state index < -0.39 is 24.0 Å². The number of carbonyl (C=O) groups excluding carboxylic acids is 5. The van der Waals surface area contributed by atoms with Crippen LogP contribution < -0.4 is 15.0 Å². The van der Waals surface area contributed by atoms with Crippen LogP contribution in [0, 0.1) is 6.92 Å². The second-order valence-electron chi connectivity index (χ2n) is 12.7. The zero-order valence-electron chi connectivity index (χ0n) is 27.6. The van der Waals surface area contributed by atoms with Crippen molar-refractivity contribution in [2.45, 2.75) is 90.7 Å². The molecule has 2 atom stereocenters. The van der Waals surface area contributed by atoms with Gasteiger partial charge < -0.3 is 34.2 Å². The first kappa shape index (κ1) is 33.7. The van der Waals surface area contributed by atoms with Gasteiger partial charge in [-0.1, -0.05) is 0 Å². The van der Waals surface area contributed by atoms with Gasteiger partial charge in [0.05, 0.1) is 17.3 Å². The van der Waals surface area contributed by atoms with Crippen LogP contribution in [0.3, 0.4) is 0 Å². The number of ether oxygens (including phenoxy) is 3. The van der Waals surface area contributed by atoms with E-state index in [-0.39, 0.29) is 55.0 Å². The average Bonchev–Trinajstić information content (AvgIpc) is 3.01. The van der Waals surface area contributed by atoms with Gasteiger partial charge in [-0.05, 0) is 82.7 Å². The summed E-state index contributed by atoms with van der Waals surface area (Å²) < 4.78 is 17.0. The van der Waals surface area contributed by atoms with Gasteiger partial charge in [-0.15, -0.1) is 0 Å². The summed E-state index contributed by atoms with van der Waals surface area (Å²) in [6, 6.07) is 6.19. The smallest absolute Gasteiger partial charge is 0.412 e. The fourth-order valence-electron chi connectivity index (χ4n) is 6.43. The van der Waals surface area contributed by atoms with E-state index in [4.69, 9.17) is 14.2 Å². The third-order valence-electron chi connectivity index (χ3n) is 8.91. The molecule has 1 aromatic heterocycles. The maximum absolute atomic E-state index is 14.3.